The third-order valence-electron chi connectivity index (χ3n) is 4.98. The van der Waals surface area contributed by atoms with E-state index in [1.807, 2.05) is 62.4 Å². The molecule has 0 saturated heterocycles. The summed E-state index contributed by atoms with van der Waals surface area (Å²) < 4.78 is 0. The van der Waals surface area contributed by atoms with E-state index in [1.165, 1.54) is 5.56 Å². The maximum atomic E-state index is 12.4. The zero-order valence-electron chi connectivity index (χ0n) is 16.9. The quantitative estimate of drug-likeness (QED) is 0.642. The van der Waals surface area contributed by atoms with Crippen molar-refractivity contribution < 1.29 is 4.79 Å². The van der Waals surface area contributed by atoms with Crippen LogP contribution in [0, 0.1) is 5.92 Å². The minimum Gasteiger partial charge on any atom is -0.309 e. The smallest absolute Gasteiger partial charge is 0.225 e. The van der Waals surface area contributed by atoms with E-state index in [-0.39, 0.29) is 11.8 Å². The van der Waals surface area contributed by atoms with Gasteiger partial charge in [-0.25, -0.2) is 9.97 Å². The zero-order valence-corrected chi connectivity index (χ0v) is 16.9. The SMILES string of the molecule is CC(C)CC(=O)Nc1nc2c(nc1C=Cc1ccccc1)-c1ccccc1CC2. The molecule has 1 N–H and O–H groups in total. The van der Waals surface area contributed by atoms with Crippen molar-refractivity contribution in [3.05, 3.63) is 77.1 Å². The molecule has 1 amide bonds. The lowest BCUT2D eigenvalue weighted by atomic mass is 9.92. The summed E-state index contributed by atoms with van der Waals surface area (Å²) in [5, 5.41) is 2.99. The minimum absolute atomic E-state index is 0.0279. The largest absolute Gasteiger partial charge is 0.309 e. The van der Waals surface area contributed by atoms with Crippen LogP contribution >= 0.6 is 0 Å². The molecule has 0 bridgehead atoms. The van der Waals surface area contributed by atoms with Crippen molar-refractivity contribution in [2.24, 2.45) is 5.92 Å². The first-order chi connectivity index (χ1) is 14.1. The van der Waals surface area contributed by atoms with E-state index in [4.69, 9.17) is 9.97 Å². The van der Waals surface area contributed by atoms with Crippen LogP contribution < -0.4 is 5.32 Å². The van der Waals surface area contributed by atoms with Crippen molar-refractivity contribution in [3.8, 4) is 11.3 Å². The van der Waals surface area contributed by atoms with Crippen LogP contribution in [0.15, 0.2) is 54.6 Å². The Morgan fingerprint density at radius 2 is 1.76 bits per heavy atom. The van der Waals surface area contributed by atoms with Crippen LogP contribution in [0.5, 0.6) is 0 Å². The van der Waals surface area contributed by atoms with Gasteiger partial charge in [0.15, 0.2) is 5.82 Å². The lowest BCUT2D eigenvalue weighted by molar-refractivity contribution is -0.116. The number of nitrogens with one attached hydrogen (secondary N) is 1. The molecule has 0 fully saturated rings. The molecule has 1 aliphatic carbocycles. The molecule has 29 heavy (non-hydrogen) atoms. The van der Waals surface area contributed by atoms with Crippen LogP contribution in [0.3, 0.4) is 0 Å². The molecule has 0 saturated carbocycles. The highest BCUT2D eigenvalue weighted by Crippen LogP contribution is 2.33. The summed E-state index contributed by atoms with van der Waals surface area (Å²) >= 11 is 0. The first kappa shape index (κ1) is 19.1. The Kier molecular flexibility index (Phi) is 5.52. The standard InChI is InChI=1S/C25H25N3O/c1-17(2)16-23(29)28-25-22(14-12-18-8-4-3-5-9-18)26-24-20-11-7-6-10-19(20)13-15-21(24)27-25/h3-12,14,17H,13,15-16H2,1-2H3,(H,27,28,29). The number of aromatic nitrogens is 2. The van der Waals surface area contributed by atoms with Gasteiger partial charge in [-0.2, -0.15) is 0 Å². The number of amides is 1. The Labute approximate surface area is 171 Å². The molecule has 0 spiro atoms. The third kappa shape index (κ3) is 4.43. The van der Waals surface area contributed by atoms with Gasteiger partial charge in [0.1, 0.15) is 5.69 Å². The molecule has 0 aliphatic heterocycles. The predicted octanol–water partition coefficient (Wildman–Crippen LogP) is 5.40. The third-order valence-corrected chi connectivity index (χ3v) is 4.98. The number of rotatable bonds is 5. The number of hydrogen-bond donors (Lipinski definition) is 1. The van der Waals surface area contributed by atoms with Crippen molar-refractivity contribution >= 4 is 23.9 Å². The number of carbonyl (C=O) groups excluding carboxylic acids is 1. The molecule has 3 aromatic rings. The molecule has 146 valence electrons. The molecule has 0 radical (unpaired) electrons. The Balaban J connectivity index is 1.76. The number of aryl methyl sites for hydroxylation is 2. The Hall–Kier alpha value is -3.27. The Morgan fingerprint density at radius 1 is 1.00 bits per heavy atom. The van der Waals surface area contributed by atoms with Gasteiger partial charge in [0, 0.05) is 12.0 Å². The number of benzene rings is 2. The van der Waals surface area contributed by atoms with E-state index in [9.17, 15) is 4.79 Å². The van der Waals surface area contributed by atoms with Gasteiger partial charge in [-0.15, -0.1) is 0 Å². The molecule has 2 aromatic carbocycles. The summed E-state index contributed by atoms with van der Waals surface area (Å²) in [5.41, 5.74) is 6.05. The first-order valence-electron chi connectivity index (χ1n) is 10.1. The molecular weight excluding hydrogens is 358 g/mol. The van der Waals surface area contributed by atoms with Gasteiger partial charge in [-0.1, -0.05) is 74.5 Å². The second-order valence-corrected chi connectivity index (χ2v) is 7.80. The normalized spacial score (nSPS) is 12.7. The summed E-state index contributed by atoms with van der Waals surface area (Å²) in [7, 11) is 0. The van der Waals surface area contributed by atoms with E-state index >= 15 is 0 Å². The van der Waals surface area contributed by atoms with Crippen LogP contribution in [0.25, 0.3) is 23.4 Å². The van der Waals surface area contributed by atoms with E-state index in [2.05, 4.69) is 23.5 Å². The number of carbonyl (C=O) groups is 1. The summed E-state index contributed by atoms with van der Waals surface area (Å²) in [4.78, 5) is 22.2. The molecule has 1 aromatic heterocycles. The van der Waals surface area contributed by atoms with E-state index < -0.39 is 0 Å². The Bertz CT molecular complexity index is 1050. The van der Waals surface area contributed by atoms with Gasteiger partial charge >= 0.3 is 0 Å². The molecular formula is C25H25N3O. The summed E-state index contributed by atoms with van der Waals surface area (Å²) in [6.07, 6.45) is 6.17. The molecule has 0 unspecified atom stereocenters. The fourth-order valence-electron chi connectivity index (χ4n) is 3.60. The van der Waals surface area contributed by atoms with Crippen molar-refractivity contribution in [2.45, 2.75) is 33.1 Å². The fourth-order valence-corrected chi connectivity index (χ4v) is 3.60. The highest BCUT2D eigenvalue weighted by molar-refractivity contribution is 5.92. The van der Waals surface area contributed by atoms with Gasteiger partial charge in [0.25, 0.3) is 0 Å². The highest BCUT2D eigenvalue weighted by Gasteiger charge is 2.21. The first-order valence-corrected chi connectivity index (χ1v) is 10.1. The number of fused-ring (bicyclic) bond motifs is 3. The summed E-state index contributed by atoms with van der Waals surface area (Å²) in [6.45, 7) is 4.07. The van der Waals surface area contributed by atoms with Gasteiger partial charge in [-0.3, -0.25) is 4.79 Å². The molecule has 4 heteroatoms. The summed E-state index contributed by atoms with van der Waals surface area (Å²) in [5.74, 6) is 0.802. The maximum Gasteiger partial charge on any atom is 0.225 e. The van der Waals surface area contributed by atoms with Crippen LogP contribution in [0.1, 0.15) is 42.8 Å². The van der Waals surface area contributed by atoms with Gasteiger partial charge in [0.05, 0.1) is 11.4 Å². The van der Waals surface area contributed by atoms with Gasteiger partial charge in [0.2, 0.25) is 5.91 Å². The second kappa shape index (κ2) is 8.39. The zero-order chi connectivity index (χ0) is 20.2. The molecule has 4 nitrogen and oxygen atoms in total. The van der Waals surface area contributed by atoms with Crippen molar-refractivity contribution in [1.29, 1.82) is 0 Å². The van der Waals surface area contributed by atoms with Gasteiger partial charge < -0.3 is 5.32 Å². The van der Waals surface area contributed by atoms with Crippen LogP contribution in [0.4, 0.5) is 5.82 Å². The van der Waals surface area contributed by atoms with E-state index in [1.54, 1.807) is 0 Å². The molecule has 4 rings (SSSR count). The average molecular weight is 383 g/mol. The van der Waals surface area contributed by atoms with Crippen LogP contribution in [-0.4, -0.2) is 15.9 Å². The van der Waals surface area contributed by atoms with E-state index in [0.717, 1.165) is 35.4 Å². The second-order valence-electron chi connectivity index (χ2n) is 7.80. The Morgan fingerprint density at radius 3 is 2.55 bits per heavy atom. The van der Waals surface area contributed by atoms with Gasteiger partial charge in [-0.05, 0) is 36.0 Å². The topological polar surface area (TPSA) is 54.9 Å². The van der Waals surface area contributed by atoms with Crippen LogP contribution in [0.2, 0.25) is 0 Å². The minimum atomic E-state index is -0.0279. The number of hydrogen-bond acceptors (Lipinski definition) is 3. The average Bonchev–Trinajstić information content (AvgIpc) is 2.72. The fraction of sp³-hybridized carbons (Fsp3) is 0.240. The van der Waals surface area contributed by atoms with E-state index in [0.29, 0.717) is 17.9 Å². The van der Waals surface area contributed by atoms with Crippen molar-refractivity contribution in [1.82, 2.24) is 9.97 Å². The molecule has 1 heterocycles. The van der Waals surface area contributed by atoms with Crippen molar-refractivity contribution in [3.63, 3.8) is 0 Å². The predicted molar refractivity (Wildman–Crippen MR) is 118 cm³/mol. The lowest BCUT2D eigenvalue weighted by Crippen LogP contribution is -2.18. The lowest BCUT2D eigenvalue weighted by Gasteiger charge is -2.20. The molecule has 0 atom stereocenters. The highest BCUT2D eigenvalue weighted by atomic mass is 16.1. The number of nitrogens with zero attached hydrogens (tertiary/aromatic N) is 2. The monoisotopic (exact) mass is 383 g/mol. The molecule has 1 aliphatic rings. The van der Waals surface area contributed by atoms with Crippen molar-refractivity contribution in [2.75, 3.05) is 5.32 Å². The number of anilines is 1. The summed E-state index contributed by atoms with van der Waals surface area (Å²) in [6, 6.07) is 18.4. The van der Waals surface area contributed by atoms with Crippen LogP contribution in [-0.2, 0) is 17.6 Å². The maximum absolute atomic E-state index is 12.4.